The van der Waals surface area contributed by atoms with Crippen LogP contribution in [-0.2, 0) is 11.2 Å². The first-order valence-electron chi connectivity index (χ1n) is 5.16. The molecule has 0 unspecified atom stereocenters. The number of benzene rings is 1. The SMILES string of the molecule is C=CCCOCCCc1ccccc1. The molecule has 0 saturated carbocycles. The highest BCUT2D eigenvalue weighted by Crippen LogP contribution is 2.02. The average Bonchev–Trinajstić information content (AvgIpc) is 2.25. The smallest absolute Gasteiger partial charge is 0.0500 e. The minimum absolute atomic E-state index is 0.804. The van der Waals surface area contributed by atoms with Gasteiger partial charge in [-0.25, -0.2) is 0 Å². The van der Waals surface area contributed by atoms with Crippen LogP contribution in [0.15, 0.2) is 43.0 Å². The van der Waals surface area contributed by atoms with Crippen molar-refractivity contribution in [1.29, 1.82) is 0 Å². The Hall–Kier alpha value is -1.08. The second-order valence-electron chi connectivity index (χ2n) is 3.28. The van der Waals surface area contributed by atoms with Gasteiger partial charge in [-0.3, -0.25) is 0 Å². The molecule has 0 fully saturated rings. The van der Waals surface area contributed by atoms with Crippen molar-refractivity contribution in [2.75, 3.05) is 13.2 Å². The van der Waals surface area contributed by atoms with Gasteiger partial charge in [-0.15, -0.1) is 6.58 Å². The van der Waals surface area contributed by atoms with Gasteiger partial charge in [-0.05, 0) is 24.8 Å². The lowest BCUT2D eigenvalue weighted by molar-refractivity contribution is 0.136. The van der Waals surface area contributed by atoms with E-state index in [-0.39, 0.29) is 0 Å². The third kappa shape index (κ3) is 4.83. The molecular formula is C13H18O. The fraction of sp³-hybridized carbons (Fsp3) is 0.385. The van der Waals surface area contributed by atoms with Gasteiger partial charge in [0.15, 0.2) is 0 Å². The van der Waals surface area contributed by atoms with Crippen LogP contribution in [0.25, 0.3) is 0 Å². The maximum absolute atomic E-state index is 5.42. The number of hydrogen-bond donors (Lipinski definition) is 0. The summed E-state index contributed by atoms with van der Waals surface area (Å²) in [6, 6.07) is 10.5. The molecule has 0 aliphatic heterocycles. The van der Waals surface area contributed by atoms with Crippen molar-refractivity contribution in [2.45, 2.75) is 19.3 Å². The summed E-state index contributed by atoms with van der Waals surface area (Å²) in [6.45, 7) is 5.30. The lowest BCUT2D eigenvalue weighted by atomic mass is 10.1. The van der Waals surface area contributed by atoms with Gasteiger partial charge < -0.3 is 4.74 Å². The highest BCUT2D eigenvalue weighted by Gasteiger charge is 1.91. The zero-order chi connectivity index (χ0) is 10.1. The summed E-state index contributed by atoms with van der Waals surface area (Å²) < 4.78 is 5.42. The molecule has 76 valence electrons. The molecule has 0 aliphatic rings. The largest absolute Gasteiger partial charge is 0.381 e. The van der Waals surface area contributed by atoms with E-state index in [2.05, 4.69) is 30.8 Å². The Balaban J connectivity index is 2.02. The molecule has 0 saturated heterocycles. The lowest BCUT2D eigenvalue weighted by Gasteiger charge is -2.02. The van der Waals surface area contributed by atoms with Crippen LogP contribution in [0.3, 0.4) is 0 Å². The summed E-state index contributed by atoms with van der Waals surface area (Å²) in [5.41, 5.74) is 1.39. The number of ether oxygens (including phenoxy) is 1. The van der Waals surface area contributed by atoms with Gasteiger partial charge in [0.2, 0.25) is 0 Å². The van der Waals surface area contributed by atoms with Crippen molar-refractivity contribution in [2.24, 2.45) is 0 Å². The van der Waals surface area contributed by atoms with Gasteiger partial charge in [-0.2, -0.15) is 0 Å². The van der Waals surface area contributed by atoms with E-state index in [1.54, 1.807) is 0 Å². The summed E-state index contributed by atoms with van der Waals surface area (Å²) in [5.74, 6) is 0. The topological polar surface area (TPSA) is 9.23 Å². The zero-order valence-corrected chi connectivity index (χ0v) is 8.61. The predicted molar refractivity (Wildman–Crippen MR) is 60.4 cm³/mol. The molecule has 0 amide bonds. The Kier molecular flexibility index (Phi) is 5.76. The number of rotatable bonds is 7. The molecule has 0 heterocycles. The minimum Gasteiger partial charge on any atom is -0.381 e. The molecule has 1 aromatic rings. The van der Waals surface area contributed by atoms with Gasteiger partial charge in [0.05, 0.1) is 0 Å². The highest BCUT2D eigenvalue weighted by atomic mass is 16.5. The molecule has 0 atom stereocenters. The minimum atomic E-state index is 0.804. The fourth-order valence-corrected chi connectivity index (χ4v) is 1.29. The third-order valence-electron chi connectivity index (χ3n) is 2.06. The van der Waals surface area contributed by atoms with Crippen molar-refractivity contribution in [3.05, 3.63) is 48.6 Å². The van der Waals surface area contributed by atoms with Gasteiger partial charge >= 0.3 is 0 Å². The molecule has 0 aliphatic carbocycles. The molecule has 1 aromatic carbocycles. The summed E-state index contributed by atoms with van der Waals surface area (Å²) >= 11 is 0. The average molecular weight is 190 g/mol. The van der Waals surface area contributed by atoms with Gasteiger partial charge in [0.25, 0.3) is 0 Å². The molecule has 0 radical (unpaired) electrons. The van der Waals surface area contributed by atoms with Crippen LogP contribution in [0.5, 0.6) is 0 Å². The first-order chi connectivity index (χ1) is 6.93. The van der Waals surface area contributed by atoms with Crippen LogP contribution in [-0.4, -0.2) is 13.2 Å². The Morgan fingerprint density at radius 3 is 2.64 bits per heavy atom. The highest BCUT2D eigenvalue weighted by molar-refractivity contribution is 5.14. The van der Waals surface area contributed by atoms with Gasteiger partial charge in [0, 0.05) is 13.2 Å². The normalized spacial score (nSPS) is 10.0. The van der Waals surface area contributed by atoms with Gasteiger partial charge in [0.1, 0.15) is 0 Å². The van der Waals surface area contributed by atoms with E-state index in [0.29, 0.717) is 0 Å². The summed E-state index contributed by atoms with van der Waals surface area (Å²) in [5, 5.41) is 0. The van der Waals surface area contributed by atoms with E-state index >= 15 is 0 Å². The Morgan fingerprint density at radius 2 is 1.93 bits per heavy atom. The van der Waals surface area contributed by atoms with Crippen molar-refractivity contribution in [3.63, 3.8) is 0 Å². The third-order valence-corrected chi connectivity index (χ3v) is 2.06. The summed E-state index contributed by atoms with van der Waals surface area (Å²) in [4.78, 5) is 0. The van der Waals surface area contributed by atoms with Gasteiger partial charge in [-0.1, -0.05) is 36.4 Å². The molecule has 0 N–H and O–H groups in total. The van der Waals surface area contributed by atoms with E-state index in [0.717, 1.165) is 32.5 Å². The van der Waals surface area contributed by atoms with Crippen molar-refractivity contribution in [3.8, 4) is 0 Å². The molecule has 0 spiro atoms. The molecule has 1 nitrogen and oxygen atoms in total. The summed E-state index contributed by atoms with van der Waals surface area (Å²) in [6.07, 6.45) is 5.04. The lowest BCUT2D eigenvalue weighted by Crippen LogP contribution is -1.97. The predicted octanol–water partition coefficient (Wildman–Crippen LogP) is 3.21. The summed E-state index contributed by atoms with van der Waals surface area (Å²) in [7, 11) is 0. The van der Waals surface area contributed by atoms with Crippen molar-refractivity contribution < 1.29 is 4.74 Å². The van der Waals surface area contributed by atoms with E-state index in [1.807, 2.05) is 12.1 Å². The van der Waals surface area contributed by atoms with Crippen LogP contribution in [0.4, 0.5) is 0 Å². The van der Waals surface area contributed by atoms with Crippen molar-refractivity contribution >= 4 is 0 Å². The van der Waals surface area contributed by atoms with Crippen LogP contribution < -0.4 is 0 Å². The Bertz CT molecular complexity index is 241. The Labute approximate surface area is 86.4 Å². The van der Waals surface area contributed by atoms with E-state index in [1.165, 1.54) is 5.56 Å². The number of aryl methyl sites for hydroxylation is 1. The first-order valence-corrected chi connectivity index (χ1v) is 5.16. The maximum atomic E-state index is 5.42. The second kappa shape index (κ2) is 7.34. The van der Waals surface area contributed by atoms with E-state index < -0.39 is 0 Å². The second-order valence-corrected chi connectivity index (χ2v) is 3.28. The van der Waals surface area contributed by atoms with E-state index in [4.69, 9.17) is 4.74 Å². The van der Waals surface area contributed by atoms with Crippen LogP contribution >= 0.6 is 0 Å². The standard InChI is InChI=1S/C13H18O/c1-2-3-11-14-12-7-10-13-8-5-4-6-9-13/h2,4-6,8-9H,1,3,7,10-12H2. The zero-order valence-electron chi connectivity index (χ0n) is 8.61. The molecule has 0 bridgehead atoms. The quantitative estimate of drug-likeness (QED) is 0.474. The Morgan fingerprint density at radius 1 is 1.14 bits per heavy atom. The molecule has 1 heteroatoms. The van der Waals surface area contributed by atoms with E-state index in [9.17, 15) is 0 Å². The molecule has 1 rings (SSSR count). The van der Waals surface area contributed by atoms with Crippen LogP contribution in [0, 0.1) is 0 Å². The monoisotopic (exact) mass is 190 g/mol. The number of hydrogen-bond acceptors (Lipinski definition) is 1. The molecule has 14 heavy (non-hydrogen) atoms. The molecule has 0 aromatic heterocycles. The van der Waals surface area contributed by atoms with Crippen LogP contribution in [0.2, 0.25) is 0 Å². The van der Waals surface area contributed by atoms with Crippen molar-refractivity contribution in [1.82, 2.24) is 0 Å². The van der Waals surface area contributed by atoms with Crippen LogP contribution in [0.1, 0.15) is 18.4 Å². The first kappa shape index (κ1) is 11.0. The molecular weight excluding hydrogens is 172 g/mol. The maximum Gasteiger partial charge on any atom is 0.0500 e. The fourth-order valence-electron chi connectivity index (χ4n) is 1.29.